The van der Waals surface area contributed by atoms with Gasteiger partial charge in [-0.15, -0.1) is 10.2 Å². The van der Waals surface area contributed by atoms with Crippen LogP contribution < -0.4 is 10.1 Å². The van der Waals surface area contributed by atoms with Crippen molar-refractivity contribution in [1.82, 2.24) is 20.1 Å². The molecular weight excluding hydrogens is 408 g/mol. The van der Waals surface area contributed by atoms with E-state index in [1.165, 1.54) is 11.8 Å². The molecule has 0 bridgehead atoms. The second-order valence-corrected chi connectivity index (χ2v) is 7.84. The summed E-state index contributed by atoms with van der Waals surface area (Å²) in [5.74, 6) is 1.48. The normalized spacial score (nSPS) is 11.9. The van der Waals surface area contributed by atoms with Gasteiger partial charge in [0.05, 0.1) is 23.6 Å². The summed E-state index contributed by atoms with van der Waals surface area (Å²) < 4.78 is 7.16. The first-order valence-electron chi connectivity index (χ1n) is 9.30. The number of carbonyl (C=O) groups excluding carboxylic acids is 1. The number of nitrogens with zero attached hydrogens (tertiary/aromatic N) is 3. The van der Waals surface area contributed by atoms with Crippen LogP contribution in [0, 0.1) is 0 Å². The van der Waals surface area contributed by atoms with Gasteiger partial charge in [0.2, 0.25) is 5.91 Å². The highest BCUT2D eigenvalue weighted by Gasteiger charge is 2.18. The van der Waals surface area contributed by atoms with Gasteiger partial charge in [0.1, 0.15) is 5.75 Å². The molecule has 6 nitrogen and oxygen atoms in total. The fourth-order valence-electron chi connectivity index (χ4n) is 2.71. The van der Waals surface area contributed by atoms with Crippen LogP contribution in [0.1, 0.15) is 20.3 Å². The fraction of sp³-hybridized carbons (Fsp3) is 0.286. The third kappa shape index (κ3) is 5.10. The average Bonchev–Trinajstić information content (AvgIpc) is 3.16. The molecule has 1 aromatic heterocycles. The molecule has 1 amide bonds. The van der Waals surface area contributed by atoms with Crippen LogP contribution in [0.5, 0.6) is 5.75 Å². The van der Waals surface area contributed by atoms with Crippen LogP contribution in [0.4, 0.5) is 0 Å². The van der Waals surface area contributed by atoms with Crippen LogP contribution >= 0.6 is 23.4 Å². The highest BCUT2D eigenvalue weighted by molar-refractivity contribution is 7.99. The molecule has 1 heterocycles. The van der Waals surface area contributed by atoms with E-state index in [9.17, 15) is 4.79 Å². The summed E-state index contributed by atoms with van der Waals surface area (Å²) in [6.45, 7) is 4.02. The number of hydrogen-bond acceptors (Lipinski definition) is 5. The van der Waals surface area contributed by atoms with E-state index in [2.05, 4.69) is 15.5 Å². The number of rotatable bonds is 8. The van der Waals surface area contributed by atoms with Crippen molar-refractivity contribution in [3.8, 4) is 22.8 Å². The molecule has 8 heteroatoms. The first-order valence-corrected chi connectivity index (χ1v) is 10.7. The van der Waals surface area contributed by atoms with E-state index >= 15 is 0 Å². The molecule has 0 saturated heterocycles. The Hall–Kier alpha value is -2.51. The number of nitrogens with one attached hydrogen (secondary N) is 1. The lowest BCUT2D eigenvalue weighted by Gasteiger charge is -2.13. The summed E-state index contributed by atoms with van der Waals surface area (Å²) in [6, 6.07) is 15.4. The highest BCUT2D eigenvalue weighted by atomic mass is 35.5. The third-order valence-electron chi connectivity index (χ3n) is 4.41. The highest BCUT2D eigenvalue weighted by Crippen LogP contribution is 2.32. The molecule has 0 saturated carbocycles. The van der Waals surface area contributed by atoms with Gasteiger partial charge in [-0.1, -0.05) is 60.6 Å². The van der Waals surface area contributed by atoms with Crippen LogP contribution in [-0.4, -0.2) is 39.6 Å². The van der Waals surface area contributed by atoms with Gasteiger partial charge in [-0.3, -0.25) is 9.36 Å². The molecule has 2 aromatic carbocycles. The summed E-state index contributed by atoms with van der Waals surface area (Å²) in [7, 11) is 1.58. The second-order valence-electron chi connectivity index (χ2n) is 6.49. The maximum Gasteiger partial charge on any atom is 0.230 e. The van der Waals surface area contributed by atoms with Crippen LogP contribution in [0.15, 0.2) is 53.7 Å². The summed E-state index contributed by atoms with van der Waals surface area (Å²) in [6.07, 6.45) is 0.884. The van der Waals surface area contributed by atoms with Crippen molar-refractivity contribution in [2.45, 2.75) is 31.5 Å². The molecule has 1 N–H and O–H groups in total. The number of methoxy groups -OCH3 is 1. The SMILES string of the molecule is CCC(C)NC(=O)CSc1nnc(-c2ccccc2)n1-c1ccc(OC)c(Cl)c1. The molecule has 3 rings (SSSR count). The second kappa shape index (κ2) is 9.80. The molecule has 0 spiro atoms. The van der Waals surface area contributed by atoms with Crippen molar-refractivity contribution in [3.05, 3.63) is 53.6 Å². The Labute approximate surface area is 179 Å². The first-order chi connectivity index (χ1) is 14.0. The lowest BCUT2D eigenvalue weighted by molar-refractivity contribution is -0.119. The van der Waals surface area contributed by atoms with E-state index in [1.807, 2.05) is 54.8 Å². The van der Waals surface area contributed by atoms with Crippen molar-refractivity contribution >= 4 is 29.3 Å². The molecule has 0 aliphatic heterocycles. The van der Waals surface area contributed by atoms with Crippen molar-refractivity contribution in [1.29, 1.82) is 0 Å². The van der Waals surface area contributed by atoms with Gasteiger partial charge in [-0.2, -0.15) is 0 Å². The summed E-state index contributed by atoms with van der Waals surface area (Å²) in [5.41, 5.74) is 1.72. The topological polar surface area (TPSA) is 69.0 Å². The molecule has 3 aromatic rings. The van der Waals surface area contributed by atoms with Gasteiger partial charge in [-0.05, 0) is 31.5 Å². The predicted octanol–water partition coefficient (Wildman–Crippen LogP) is 4.60. The largest absolute Gasteiger partial charge is 0.495 e. The molecule has 152 valence electrons. The van der Waals surface area contributed by atoms with Crippen molar-refractivity contribution in [2.75, 3.05) is 12.9 Å². The number of thioether (sulfide) groups is 1. The monoisotopic (exact) mass is 430 g/mol. The predicted molar refractivity (Wildman–Crippen MR) is 117 cm³/mol. The molecule has 1 unspecified atom stereocenters. The lowest BCUT2D eigenvalue weighted by Crippen LogP contribution is -2.33. The van der Waals surface area contributed by atoms with Gasteiger partial charge in [0, 0.05) is 11.6 Å². The van der Waals surface area contributed by atoms with E-state index in [4.69, 9.17) is 16.3 Å². The zero-order valence-corrected chi connectivity index (χ0v) is 18.1. The smallest absolute Gasteiger partial charge is 0.230 e. The third-order valence-corrected chi connectivity index (χ3v) is 5.64. The van der Waals surface area contributed by atoms with Gasteiger partial charge in [0.15, 0.2) is 11.0 Å². The molecule has 0 aliphatic carbocycles. The summed E-state index contributed by atoms with van der Waals surface area (Å²) >= 11 is 7.68. The number of amides is 1. The molecule has 29 heavy (non-hydrogen) atoms. The van der Waals surface area contributed by atoms with Crippen LogP contribution in [0.3, 0.4) is 0 Å². The quantitative estimate of drug-likeness (QED) is 0.529. The van der Waals surface area contributed by atoms with Crippen LogP contribution in [0.2, 0.25) is 5.02 Å². The summed E-state index contributed by atoms with van der Waals surface area (Å²) in [4.78, 5) is 12.2. The van der Waals surface area contributed by atoms with E-state index < -0.39 is 0 Å². The van der Waals surface area contributed by atoms with E-state index in [0.29, 0.717) is 21.8 Å². The Balaban J connectivity index is 1.96. The number of benzene rings is 2. The molecule has 1 atom stereocenters. The first kappa shape index (κ1) is 21.2. The Morgan fingerprint density at radius 2 is 2.00 bits per heavy atom. The van der Waals surface area contributed by atoms with Gasteiger partial charge in [-0.25, -0.2) is 0 Å². The molecule has 0 aliphatic rings. The van der Waals surface area contributed by atoms with E-state index in [0.717, 1.165) is 17.7 Å². The van der Waals surface area contributed by atoms with Crippen molar-refractivity contribution in [2.24, 2.45) is 0 Å². The Bertz CT molecular complexity index is 978. The number of aromatic nitrogens is 3. The minimum Gasteiger partial charge on any atom is -0.495 e. The van der Waals surface area contributed by atoms with E-state index in [-0.39, 0.29) is 17.7 Å². The van der Waals surface area contributed by atoms with Gasteiger partial charge >= 0.3 is 0 Å². The van der Waals surface area contributed by atoms with Crippen molar-refractivity contribution < 1.29 is 9.53 Å². The maximum absolute atomic E-state index is 12.2. The Morgan fingerprint density at radius 3 is 2.66 bits per heavy atom. The standard InChI is InChI=1S/C21H23ClN4O2S/c1-4-14(2)23-19(27)13-29-21-25-24-20(15-8-6-5-7-9-15)26(21)16-10-11-18(28-3)17(22)12-16/h5-12,14H,4,13H2,1-3H3,(H,23,27). The zero-order chi connectivity index (χ0) is 20.8. The molecular formula is C21H23ClN4O2S. The molecule has 0 radical (unpaired) electrons. The number of ether oxygens (including phenoxy) is 1. The van der Waals surface area contributed by atoms with Crippen LogP contribution in [-0.2, 0) is 4.79 Å². The zero-order valence-electron chi connectivity index (χ0n) is 16.6. The number of carbonyl (C=O) groups is 1. The van der Waals surface area contributed by atoms with Gasteiger partial charge in [0.25, 0.3) is 0 Å². The van der Waals surface area contributed by atoms with Crippen molar-refractivity contribution in [3.63, 3.8) is 0 Å². The lowest BCUT2D eigenvalue weighted by atomic mass is 10.2. The fourth-order valence-corrected chi connectivity index (χ4v) is 3.73. The number of halogens is 1. The molecule has 0 fully saturated rings. The minimum absolute atomic E-state index is 0.0343. The Morgan fingerprint density at radius 1 is 1.24 bits per heavy atom. The minimum atomic E-state index is -0.0343. The van der Waals surface area contributed by atoms with Gasteiger partial charge < -0.3 is 10.1 Å². The number of hydrogen-bond donors (Lipinski definition) is 1. The van der Waals surface area contributed by atoms with Crippen LogP contribution in [0.25, 0.3) is 17.1 Å². The maximum atomic E-state index is 12.2. The van der Waals surface area contributed by atoms with E-state index in [1.54, 1.807) is 19.2 Å². The summed E-state index contributed by atoms with van der Waals surface area (Å²) in [5, 5.41) is 12.8. The average molecular weight is 431 g/mol. The Kier molecular flexibility index (Phi) is 7.17.